The van der Waals surface area contributed by atoms with Gasteiger partial charge in [0, 0.05) is 17.1 Å². The number of rotatable bonds is 4. The molecule has 0 aliphatic heterocycles. The lowest BCUT2D eigenvalue weighted by Crippen LogP contribution is -2.21. The van der Waals surface area contributed by atoms with Gasteiger partial charge in [-0.3, -0.25) is 10.8 Å². The van der Waals surface area contributed by atoms with Gasteiger partial charge >= 0.3 is 0 Å². The standard InChI is InChI=1S/C15H16N6/c1-10-3-4-11(2)21(10)13-7-5-12(6-8-13)19-20-14(9-16)15(17)18/h3-8,19H,1-2H3,(H3,17,18)/b20-14+. The molecular weight excluding hydrogens is 264 g/mol. The van der Waals surface area contributed by atoms with Crippen LogP contribution >= 0.6 is 0 Å². The number of hydrogen-bond donors (Lipinski definition) is 3. The highest BCUT2D eigenvalue weighted by molar-refractivity contribution is 6.45. The fourth-order valence-corrected chi connectivity index (χ4v) is 2.03. The molecule has 0 aliphatic rings. The van der Waals surface area contributed by atoms with Crippen molar-refractivity contribution in [3.8, 4) is 11.8 Å². The monoisotopic (exact) mass is 280 g/mol. The summed E-state index contributed by atoms with van der Waals surface area (Å²) in [5.41, 5.74) is 11.9. The molecule has 21 heavy (non-hydrogen) atoms. The topological polar surface area (TPSA) is 103 Å². The Kier molecular flexibility index (Phi) is 4.05. The quantitative estimate of drug-likeness (QED) is 0.455. The smallest absolute Gasteiger partial charge is 0.201 e. The minimum Gasteiger partial charge on any atom is -0.382 e. The zero-order valence-corrected chi connectivity index (χ0v) is 11.9. The summed E-state index contributed by atoms with van der Waals surface area (Å²) in [4.78, 5) is 0. The molecule has 0 fully saturated rings. The summed E-state index contributed by atoms with van der Waals surface area (Å²) < 4.78 is 2.14. The van der Waals surface area contributed by atoms with Gasteiger partial charge in [-0.15, -0.1) is 0 Å². The largest absolute Gasteiger partial charge is 0.382 e. The van der Waals surface area contributed by atoms with Crippen molar-refractivity contribution in [3.05, 3.63) is 47.8 Å². The van der Waals surface area contributed by atoms with E-state index in [4.69, 9.17) is 16.4 Å². The number of hydrogen-bond acceptors (Lipinski definition) is 4. The summed E-state index contributed by atoms with van der Waals surface area (Å²) in [6, 6.07) is 13.5. The van der Waals surface area contributed by atoms with Gasteiger partial charge in [-0.1, -0.05) is 0 Å². The first-order valence-corrected chi connectivity index (χ1v) is 6.36. The van der Waals surface area contributed by atoms with Gasteiger partial charge in [0.15, 0.2) is 5.84 Å². The first-order chi connectivity index (χ1) is 10.0. The fraction of sp³-hybridized carbons (Fsp3) is 0.133. The van der Waals surface area contributed by atoms with E-state index in [-0.39, 0.29) is 11.5 Å². The number of hydrazone groups is 1. The Morgan fingerprint density at radius 1 is 1.19 bits per heavy atom. The van der Waals surface area contributed by atoms with E-state index < -0.39 is 0 Å². The second-order valence-electron chi connectivity index (χ2n) is 4.60. The van der Waals surface area contributed by atoms with E-state index in [2.05, 4.69) is 41.1 Å². The van der Waals surface area contributed by atoms with Crippen LogP contribution in [0.25, 0.3) is 5.69 Å². The maximum absolute atomic E-state index is 8.76. The molecule has 1 aromatic carbocycles. The Labute approximate surface area is 123 Å². The predicted octanol–water partition coefficient (Wildman–Crippen LogP) is 2.32. The van der Waals surface area contributed by atoms with Crippen LogP contribution in [0.2, 0.25) is 0 Å². The maximum atomic E-state index is 8.76. The van der Waals surface area contributed by atoms with E-state index in [1.807, 2.05) is 24.3 Å². The molecule has 0 atom stereocenters. The van der Waals surface area contributed by atoms with Crippen molar-refractivity contribution in [1.82, 2.24) is 4.57 Å². The molecule has 0 radical (unpaired) electrons. The highest BCUT2D eigenvalue weighted by Crippen LogP contribution is 2.18. The number of aromatic nitrogens is 1. The lowest BCUT2D eigenvalue weighted by atomic mass is 10.2. The van der Waals surface area contributed by atoms with E-state index in [0.717, 1.165) is 22.8 Å². The van der Waals surface area contributed by atoms with Gasteiger partial charge in [-0.2, -0.15) is 10.4 Å². The Hall–Kier alpha value is -3.07. The number of anilines is 1. The van der Waals surface area contributed by atoms with Crippen LogP contribution in [-0.2, 0) is 0 Å². The third kappa shape index (κ3) is 3.09. The summed E-state index contributed by atoms with van der Waals surface area (Å²) in [5.74, 6) is -0.361. The van der Waals surface area contributed by atoms with Crippen LogP contribution < -0.4 is 11.2 Å². The van der Waals surface area contributed by atoms with Crippen molar-refractivity contribution >= 4 is 17.2 Å². The van der Waals surface area contributed by atoms with Crippen molar-refractivity contribution in [2.75, 3.05) is 5.43 Å². The number of nitriles is 1. The molecule has 0 amide bonds. The maximum Gasteiger partial charge on any atom is 0.201 e. The molecule has 1 aromatic heterocycles. The molecule has 0 bridgehead atoms. The number of benzene rings is 1. The summed E-state index contributed by atoms with van der Waals surface area (Å²) in [7, 11) is 0. The van der Waals surface area contributed by atoms with Crippen LogP contribution in [0.3, 0.4) is 0 Å². The SMILES string of the molecule is Cc1ccc(C)n1-c1ccc(N/N=C(\C#N)C(=N)N)cc1. The van der Waals surface area contributed by atoms with Crippen molar-refractivity contribution < 1.29 is 0 Å². The third-order valence-corrected chi connectivity index (χ3v) is 3.05. The molecule has 2 aromatic rings. The van der Waals surface area contributed by atoms with Crippen molar-refractivity contribution in [1.29, 1.82) is 10.7 Å². The van der Waals surface area contributed by atoms with E-state index >= 15 is 0 Å². The minimum absolute atomic E-state index is 0.142. The van der Waals surface area contributed by atoms with Crippen molar-refractivity contribution in [2.45, 2.75) is 13.8 Å². The average Bonchev–Trinajstić information content (AvgIpc) is 2.79. The number of nitrogens with one attached hydrogen (secondary N) is 2. The first kappa shape index (κ1) is 14.3. The Morgan fingerprint density at radius 2 is 1.76 bits per heavy atom. The average molecular weight is 280 g/mol. The second kappa shape index (κ2) is 5.92. The number of amidine groups is 1. The van der Waals surface area contributed by atoms with Crippen molar-refractivity contribution in [2.24, 2.45) is 10.8 Å². The normalized spacial score (nSPS) is 11.0. The Morgan fingerprint density at radius 3 is 2.24 bits per heavy atom. The molecule has 6 heteroatoms. The van der Waals surface area contributed by atoms with Gasteiger partial charge in [0.25, 0.3) is 0 Å². The summed E-state index contributed by atoms with van der Waals surface area (Å²) in [5, 5.41) is 19.7. The van der Waals surface area contributed by atoms with E-state index in [1.165, 1.54) is 0 Å². The zero-order chi connectivity index (χ0) is 15.4. The van der Waals surface area contributed by atoms with Gasteiger partial charge in [-0.05, 0) is 50.2 Å². The van der Waals surface area contributed by atoms with Gasteiger partial charge in [-0.25, -0.2) is 0 Å². The molecule has 0 saturated heterocycles. The number of nitrogens with zero attached hydrogens (tertiary/aromatic N) is 3. The lowest BCUT2D eigenvalue weighted by Gasteiger charge is -2.10. The van der Waals surface area contributed by atoms with Crippen LogP contribution in [-0.4, -0.2) is 16.1 Å². The van der Waals surface area contributed by atoms with Gasteiger partial charge < -0.3 is 10.3 Å². The molecule has 4 N–H and O–H groups in total. The summed E-state index contributed by atoms with van der Waals surface area (Å²) in [6.45, 7) is 4.10. The highest BCUT2D eigenvalue weighted by atomic mass is 15.3. The minimum atomic E-state index is -0.361. The Bertz CT molecular complexity index is 711. The summed E-state index contributed by atoms with van der Waals surface area (Å²) >= 11 is 0. The van der Waals surface area contributed by atoms with Crippen LogP contribution in [0.5, 0.6) is 0 Å². The fourth-order valence-electron chi connectivity index (χ4n) is 2.03. The van der Waals surface area contributed by atoms with E-state index in [1.54, 1.807) is 6.07 Å². The molecular formula is C15H16N6. The molecule has 0 aliphatic carbocycles. The van der Waals surface area contributed by atoms with Crippen LogP contribution in [0.15, 0.2) is 41.5 Å². The van der Waals surface area contributed by atoms with Crippen LogP contribution in [0, 0.1) is 30.6 Å². The molecule has 0 unspecified atom stereocenters. The van der Waals surface area contributed by atoms with E-state index in [9.17, 15) is 0 Å². The van der Waals surface area contributed by atoms with Gasteiger partial charge in [0.05, 0.1) is 5.69 Å². The lowest BCUT2D eigenvalue weighted by molar-refractivity contribution is 0.966. The molecule has 1 heterocycles. The molecule has 6 nitrogen and oxygen atoms in total. The predicted molar refractivity (Wildman–Crippen MR) is 83.8 cm³/mol. The number of nitrogens with two attached hydrogens (primary N) is 1. The summed E-state index contributed by atoms with van der Waals surface area (Å²) in [6.07, 6.45) is 0. The molecule has 2 rings (SSSR count). The molecule has 0 spiro atoms. The molecule has 106 valence electrons. The molecule has 0 saturated carbocycles. The van der Waals surface area contributed by atoms with Crippen LogP contribution in [0.1, 0.15) is 11.4 Å². The highest BCUT2D eigenvalue weighted by Gasteiger charge is 2.04. The van der Waals surface area contributed by atoms with Crippen molar-refractivity contribution in [3.63, 3.8) is 0 Å². The van der Waals surface area contributed by atoms with Gasteiger partial charge in [0.1, 0.15) is 6.07 Å². The third-order valence-electron chi connectivity index (χ3n) is 3.05. The second-order valence-corrected chi connectivity index (χ2v) is 4.60. The zero-order valence-electron chi connectivity index (χ0n) is 11.9. The van der Waals surface area contributed by atoms with Gasteiger partial charge in [0.2, 0.25) is 5.71 Å². The van der Waals surface area contributed by atoms with E-state index in [0.29, 0.717) is 0 Å². The van der Waals surface area contributed by atoms with Crippen LogP contribution in [0.4, 0.5) is 5.69 Å². The first-order valence-electron chi connectivity index (χ1n) is 6.36. The Balaban J connectivity index is 2.21. The number of aryl methyl sites for hydroxylation is 2.